The molecule has 0 aromatic carbocycles. The first-order valence-corrected chi connectivity index (χ1v) is 6.76. The van der Waals surface area contributed by atoms with Crippen LogP contribution in [0.4, 0.5) is 0 Å². The van der Waals surface area contributed by atoms with Crippen LogP contribution in [0.1, 0.15) is 33.1 Å². The van der Waals surface area contributed by atoms with Crippen LogP contribution in [0.15, 0.2) is 0 Å². The Labute approximate surface area is 105 Å². The summed E-state index contributed by atoms with van der Waals surface area (Å²) in [4.78, 5) is 0. The van der Waals surface area contributed by atoms with E-state index in [0.717, 1.165) is 32.0 Å². The monoisotopic (exact) mass is 245 g/mol. The van der Waals surface area contributed by atoms with Crippen LogP contribution in [-0.2, 0) is 9.47 Å². The van der Waals surface area contributed by atoms with E-state index in [2.05, 4.69) is 5.32 Å². The molecule has 0 amide bonds. The molecule has 1 saturated heterocycles. The molecule has 0 radical (unpaired) electrons. The number of nitrogens with one attached hydrogen (secondary N) is 1. The molecule has 0 aromatic rings. The van der Waals surface area contributed by atoms with E-state index in [9.17, 15) is 5.11 Å². The summed E-state index contributed by atoms with van der Waals surface area (Å²) in [5, 5.41) is 13.0. The van der Waals surface area contributed by atoms with Gasteiger partial charge in [-0.2, -0.15) is 0 Å². The fourth-order valence-corrected chi connectivity index (χ4v) is 1.99. The Morgan fingerprint density at radius 2 is 2.18 bits per heavy atom. The number of piperidine rings is 1. The van der Waals surface area contributed by atoms with Crippen molar-refractivity contribution in [2.45, 2.75) is 45.3 Å². The molecule has 102 valence electrons. The van der Waals surface area contributed by atoms with Gasteiger partial charge in [0.25, 0.3) is 0 Å². The summed E-state index contributed by atoms with van der Waals surface area (Å²) >= 11 is 0. The molecule has 0 aliphatic carbocycles. The van der Waals surface area contributed by atoms with Crippen LogP contribution in [0.25, 0.3) is 0 Å². The van der Waals surface area contributed by atoms with Gasteiger partial charge in [0.1, 0.15) is 6.10 Å². The summed E-state index contributed by atoms with van der Waals surface area (Å²) in [7, 11) is 0. The smallest absolute Gasteiger partial charge is 0.101 e. The average Bonchev–Trinajstić information content (AvgIpc) is 2.33. The molecule has 0 spiro atoms. The molecule has 4 nitrogen and oxygen atoms in total. The van der Waals surface area contributed by atoms with Gasteiger partial charge in [-0.25, -0.2) is 0 Å². The van der Waals surface area contributed by atoms with Crippen LogP contribution < -0.4 is 5.32 Å². The summed E-state index contributed by atoms with van der Waals surface area (Å²) in [6.07, 6.45) is 3.33. The standard InChI is InChI=1S/C13H27NO3/c1-11(2)17-10-13(15)9-16-7-5-12-4-3-6-14-8-12/h11-15H,3-10H2,1-2H3. The minimum absolute atomic E-state index is 0.165. The topological polar surface area (TPSA) is 50.7 Å². The summed E-state index contributed by atoms with van der Waals surface area (Å²) < 4.78 is 10.8. The van der Waals surface area contributed by atoms with Gasteiger partial charge in [0.15, 0.2) is 0 Å². The zero-order chi connectivity index (χ0) is 12.5. The number of rotatable bonds is 8. The van der Waals surface area contributed by atoms with Gasteiger partial charge in [-0.15, -0.1) is 0 Å². The number of ether oxygens (including phenoxy) is 2. The predicted molar refractivity (Wildman–Crippen MR) is 68.1 cm³/mol. The first kappa shape index (κ1) is 14.9. The molecule has 1 aliphatic rings. The van der Waals surface area contributed by atoms with Crippen LogP contribution in [0.5, 0.6) is 0 Å². The van der Waals surface area contributed by atoms with Crippen LogP contribution in [0, 0.1) is 5.92 Å². The molecule has 0 bridgehead atoms. The highest BCUT2D eigenvalue weighted by molar-refractivity contribution is 4.68. The van der Waals surface area contributed by atoms with Gasteiger partial charge < -0.3 is 19.9 Å². The highest BCUT2D eigenvalue weighted by Crippen LogP contribution is 2.13. The quantitative estimate of drug-likeness (QED) is 0.631. The molecule has 1 heterocycles. The highest BCUT2D eigenvalue weighted by atomic mass is 16.5. The van der Waals surface area contributed by atoms with Gasteiger partial charge in [-0.3, -0.25) is 0 Å². The summed E-state index contributed by atoms with van der Waals surface area (Å²) in [6, 6.07) is 0. The molecule has 1 rings (SSSR count). The van der Waals surface area contributed by atoms with Crippen molar-refractivity contribution in [3.8, 4) is 0 Å². The molecule has 4 heteroatoms. The van der Waals surface area contributed by atoms with Crippen molar-refractivity contribution in [2.24, 2.45) is 5.92 Å². The third-order valence-corrected chi connectivity index (χ3v) is 3.00. The van der Waals surface area contributed by atoms with Crippen LogP contribution in [0.3, 0.4) is 0 Å². The number of hydrogen-bond acceptors (Lipinski definition) is 4. The highest BCUT2D eigenvalue weighted by Gasteiger charge is 2.13. The Morgan fingerprint density at radius 3 is 2.82 bits per heavy atom. The van der Waals surface area contributed by atoms with Crippen molar-refractivity contribution in [3.63, 3.8) is 0 Å². The largest absolute Gasteiger partial charge is 0.388 e. The fourth-order valence-electron chi connectivity index (χ4n) is 1.99. The first-order chi connectivity index (χ1) is 8.18. The zero-order valence-electron chi connectivity index (χ0n) is 11.2. The van der Waals surface area contributed by atoms with Crippen molar-refractivity contribution >= 4 is 0 Å². The maximum atomic E-state index is 9.57. The van der Waals surface area contributed by atoms with Crippen molar-refractivity contribution < 1.29 is 14.6 Å². The van der Waals surface area contributed by atoms with E-state index in [1.807, 2.05) is 13.8 Å². The maximum absolute atomic E-state index is 9.57. The van der Waals surface area contributed by atoms with Crippen molar-refractivity contribution in [2.75, 3.05) is 32.9 Å². The number of hydrogen-bond donors (Lipinski definition) is 2. The average molecular weight is 245 g/mol. The van der Waals surface area contributed by atoms with E-state index in [1.54, 1.807) is 0 Å². The first-order valence-electron chi connectivity index (χ1n) is 6.76. The van der Waals surface area contributed by atoms with Gasteiger partial charge in [0.2, 0.25) is 0 Å². The van der Waals surface area contributed by atoms with Gasteiger partial charge in [-0.1, -0.05) is 0 Å². The van der Waals surface area contributed by atoms with Crippen LogP contribution in [0.2, 0.25) is 0 Å². The lowest BCUT2D eigenvalue weighted by Crippen LogP contribution is -2.30. The van der Waals surface area contributed by atoms with E-state index in [-0.39, 0.29) is 6.10 Å². The molecule has 2 N–H and O–H groups in total. The summed E-state index contributed by atoms with van der Waals surface area (Å²) in [5.74, 6) is 0.743. The van der Waals surface area contributed by atoms with E-state index >= 15 is 0 Å². The Hall–Kier alpha value is -0.160. The predicted octanol–water partition coefficient (Wildman–Crippen LogP) is 1.18. The lowest BCUT2D eigenvalue weighted by Gasteiger charge is -2.22. The molecule has 1 aliphatic heterocycles. The second-order valence-electron chi connectivity index (χ2n) is 5.11. The Morgan fingerprint density at radius 1 is 1.35 bits per heavy atom. The van der Waals surface area contributed by atoms with Gasteiger partial charge in [0.05, 0.1) is 19.3 Å². The third kappa shape index (κ3) is 7.71. The Balaban J connectivity index is 1.92. The Bertz CT molecular complexity index is 182. The molecule has 1 fully saturated rings. The third-order valence-electron chi connectivity index (χ3n) is 3.00. The maximum Gasteiger partial charge on any atom is 0.101 e. The summed E-state index contributed by atoms with van der Waals surface area (Å²) in [5.41, 5.74) is 0. The normalized spacial score (nSPS) is 22.9. The molecule has 0 aromatic heterocycles. The van der Waals surface area contributed by atoms with Crippen molar-refractivity contribution in [1.29, 1.82) is 0 Å². The molecule has 2 unspecified atom stereocenters. The molecule has 0 saturated carbocycles. The van der Waals surface area contributed by atoms with Gasteiger partial charge in [-0.05, 0) is 52.1 Å². The number of aliphatic hydroxyl groups is 1. The van der Waals surface area contributed by atoms with Crippen molar-refractivity contribution in [1.82, 2.24) is 5.32 Å². The summed E-state index contributed by atoms with van der Waals surface area (Å²) in [6.45, 7) is 7.68. The van der Waals surface area contributed by atoms with Crippen molar-refractivity contribution in [3.05, 3.63) is 0 Å². The lowest BCUT2D eigenvalue weighted by molar-refractivity contribution is -0.0373. The van der Waals surface area contributed by atoms with E-state index in [4.69, 9.17) is 9.47 Å². The SMILES string of the molecule is CC(C)OCC(O)COCCC1CCCNC1. The lowest BCUT2D eigenvalue weighted by atomic mass is 9.97. The number of aliphatic hydroxyl groups excluding tert-OH is 1. The van der Waals surface area contributed by atoms with Gasteiger partial charge >= 0.3 is 0 Å². The van der Waals surface area contributed by atoms with Crippen LogP contribution in [-0.4, -0.2) is 50.2 Å². The fraction of sp³-hybridized carbons (Fsp3) is 1.00. The zero-order valence-corrected chi connectivity index (χ0v) is 11.2. The molecular weight excluding hydrogens is 218 g/mol. The van der Waals surface area contributed by atoms with E-state index in [1.165, 1.54) is 12.8 Å². The minimum atomic E-state index is -0.498. The van der Waals surface area contributed by atoms with E-state index in [0.29, 0.717) is 13.2 Å². The second kappa shape index (κ2) is 8.86. The van der Waals surface area contributed by atoms with Crippen LogP contribution >= 0.6 is 0 Å². The van der Waals surface area contributed by atoms with Gasteiger partial charge in [0, 0.05) is 6.61 Å². The molecular formula is C13H27NO3. The Kier molecular flexibility index (Phi) is 7.77. The molecule has 17 heavy (non-hydrogen) atoms. The molecule has 2 atom stereocenters. The second-order valence-corrected chi connectivity index (χ2v) is 5.11. The van der Waals surface area contributed by atoms with E-state index < -0.39 is 6.10 Å². The minimum Gasteiger partial charge on any atom is -0.388 e.